The highest BCUT2D eigenvalue weighted by Gasteiger charge is 2.36. The number of nitrogens with zero attached hydrogens (tertiary/aromatic N) is 3. The van der Waals surface area contributed by atoms with E-state index in [2.05, 4.69) is 4.98 Å². The highest BCUT2D eigenvalue weighted by atomic mass is 31.1. The van der Waals surface area contributed by atoms with Crippen molar-refractivity contribution in [2.75, 3.05) is 20.4 Å². The van der Waals surface area contributed by atoms with E-state index >= 15 is 4.39 Å². The lowest BCUT2D eigenvalue weighted by atomic mass is 10.0. The number of amides is 1. The minimum absolute atomic E-state index is 0.00154. The molecule has 3 aromatic carbocycles. The number of fused-ring (bicyclic) bond motifs is 5. The molecule has 0 radical (unpaired) electrons. The van der Waals surface area contributed by atoms with Gasteiger partial charge in [0.15, 0.2) is 11.6 Å². The number of ether oxygens (including phenoxy) is 1. The van der Waals surface area contributed by atoms with Gasteiger partial charge in [-0.05, 0) is 55.6 Å². The van der Waals surface area contributed by atoms with Gasteiger partial charge in [-0.3, -0.25) is 9.36 Å². The maximum absolute atomic E-state index is 16.3. The van der Waals surface area contributed by atoms with Crippen LogP contribution in [0.5, 0.6) is 5.75 Å². The SMILES string of the molecule is CCC1c2nc3ccc(-c4ccc(P(C)C)c(F)c4)c(F)c3n2-c2c(OC(F)F)cccc2C(=O)N1C. The molecular weight excluding hydrogens is 505 g/mol. The van der Waals surface area contributed by atoms with E-state index in [-0.39, 0.29) is 33.6 Å². The van der Waals surface area contributed by atoms with Gasteiger partial charge in [0.2, 0.25) is 0 Å². The van der Waals surface area contributed by atoms with Crippen LogP contribution < -0.4 is 10.0 Å². The number of carbonyl (C=O) groups excluding carboxylic acids is 1. The van der Waals surface area contributed by atoms with Crippen LogP contribution in [-0.2, 0) is 0 Å². The molecule has 0 bridgehead atoms. The minimum Gasteiger partial charge on any atom is -0.433 e. The molecule has 2 heterocycles. The standard InChI is InChI=1S/C27H24F4N3O2P/c1-5-19-25-32-18-11-10-15(14-9-12-21(37(3)4)17(28)13-14)22(29)24(18)34(25)23-16(26(35)33(19)2)7-6-8-20(23)36-27(30)31/h6-13,19,27H,5H2,1-4H3. The molecule has 1 aliphatic heterocycles. The van der Waals surface area contributed by atoms with Crippen molar-refractivity contribution in [3.05, 3.63) is 71.6 Å². The molecule has 37 heavy (non-hydrogen) atoms. The molecule has 1 atom stereocenters. The third-order valence-electron chi connectivity index (χ3n) is 6.66. The number of carbonyl (C=O) groups is 1. The fourth-order valence-corrected chi connectivity index (χ4v) is 5.80. The Morgan fingerprint density at radius 1 is 1.08 bits per heavy atom. The lowest BCUT2D eigenvalue weighted by Crippen LogP contribution is -2.30. The number of imidazole rings is 1. The third kappa shape index (κ3) is 4.06. The van der Waals surface area contributed by atoms with Gasteiger partial charge < -0.3 is 9.64 Å². The van der Waals surface area contributed by atoms with Gasteiger partial charge >= 0.3 is 6.61 Å². The summed E-state index contributed by atoms with van der Waals surface area (Å²) >= 11 is 0. The zero-order valence-corrected chi connectivity index (χ0v) is 21.5. The first-order chi connectivity index (χ1) is 17.6. The molecule has 0 spiro atoms. The van der Waals surface area contributed by atoms with E-state index in [1.165, 1.54) is 39.8 Å². The number of benzene rings is 3. The van der Waals surface area contributed by atoms with E-state index in [1.807, 2.05) is 20.3 Å². The van der Waals surface area contributed by atoms with Crippen LogP contribution in [0, 0.1) is 11.6 Å². The summed E-state index contributed by atoms with van der Waals surface area (Å²) in [6.07, 6.45) is 0.447. The summed E-state index contributed by atoms with van der Waals surface area (Å²) in [4.78, 5) is 19.5. The number of rotatable bonds is 5. The summed E-state index contributed by atoms with van der Waals surface area (Å²) in [6, 6.07) is 11.4. The summed E-state index contributed by atoms with van der Waals surface area (Å²) in [5.74, 6) is -1.51. The van der Waals surface area contributed by atoms with Crippen LogP contribution >= 0.6 is 7.92 Å². The van der Waals surface area contributed by atoms with E-state index in [1.54, 1.807) is 25.2 Å². The van der Waals surface area contributed by atoms with Gasteiger partial charge in [-0.25, -0.2) is 13.8 Å². The van der Waals surface area contributed by atoms with E-state index in [9.17, 15) is 18.0 Å². The molecule has 1 aromatic heterocycles. The first kappa shape index (κ1) is 25.2. The summed E-state index contributed by atoms with van der Waals surface area (Å²) in [7, 11) is 0.909. The summed E-state index contributed by atoms with van der Waals surface area (Å²) in [5, 5.41) is 0.577. The van der Waals surface area contributed by atoms with Crippen molar-refractivity contribution in [3.8, 4) is 22.6 Å². The van der Waals surface area contributed by atoms with Gasteiger partial charge in [-0.15, -0.1) is 0 Å². The Kier molecular flexibility index (Phi) is 6.44. The molecule has 5 rings (SSSR count). The van der Waals surface area contributed by atoms with Crippen LogP contribution in [0.1, 0.15) is 35.6 Å². The van der Waals surface area contributed by atoms with Crippen molar-refractivity contribution in [3.63, 3.8) is 0 Å². The van der Waals surface area contributed by atoms with Crippen LogP contribution in [0.4, 0.5) is 17.6 Å². The van der Waals surface area contributed by atoms with Crippen LogP contribution in [0.25, 0.3) is 27.8 Å². The van der Waals surface area contributed by atoms with Crippen LogP contribution in [0.15, 0.2) is 48.5 Å². The third-order valence-corrected chi connectivity index (χ3v) is 7.99. The zero-order valence-electron chi connectivity index (χ0n) is 20.6. The molecule has 1 amide bonds. The molecule has 192 valence electrons. The van der Waals surface area contributed by atoms with Crippen molar-refractivity contribution in [2.45, 2.75) is 26.0 Å². The number of hydrogen-bond acceptors (Lipinski definition) is 3. The van der Waals surface area contributed by atoms with Crippen molar-refractivity contribution in [2.24, 2.45) is 0 Å². The number of para-hydroxylation sites is 1. The Balaban J connectivity index is 1.85. The van der Waals surface area contributed by atoms with Crippen molar-refractivity contribution >= 4 is 30.2 Å². The number of alkyl halides is 2. The lowest BCUT2D eigenvalue weighted by Gasteiger charge is -2.24. The minimum atomic E-state index is -3.16. The van der Waals surface area contributed by atoms with Gasteiger partial charge in [0.25, 0.3) is 5.91 Å². The highest BCUT2D eigenvalue weighted by Crippen LogP contribution is 2.42. The zero-order chi connectivity index (χ0) is 26.6. The van der Waals surface area contributed by atoms with E-state index in [0.717, 1.165) is 0 Å². The van der Waals surface area contributed by atoms with E-state index in [4.69, 9.17) is 4.74 Å². The Morgan fingerprint density at radius 3 is 2.49 bits per heavy atom. The average molecular weight is 529 g/mol. The molecule has 1 aliphatic rings. The first-order valence-corrected chi connectivity index (χ1v) is 13.9. The Hall–Kier alpha value is -3.45. The normalized spacial score (nSPS) is 15.4. The van der Waals surface area contributed by atoms with Crippen LogP contribution in [0.3, 0.4) is 0 Å². The second kappa shape index (κ2) is 9.45. The topological polar surface area (TPSA) is 47.4 Å². The predicted octanol–water partition coefficient (Wildman–Crippen LogP) is 6.48. The average Bonchev–Trinajstić information content (AvgIpc) is 3.19. The van der Waals surface area contributed by atoms with Crippen molar-refractivity contribution in [1.29, 1.82) is 0 Å². The second-order valence-corrected chi connectivity index (χ2v) is 11.3. The molecule has 10 heteroatoms. The summed E-state index contributed by atoms with van der Waals surface area (Å²) in [5.41, 5.74) is 0.809. The van der Waals surface area contributed by atoms with Crippen molar-refractivity contribution in [1.82, 2.24) is 14.5 Å². The lowest BCUT2D eigenvalue weighted by molar-refractivity contribution is -0.0498. The molecular formula is C27H24F4N3O2P. The smallest absolute Gasteiger partial charge is 0.387 e. The molecule has 0 aliphatic carbocycles. The number of hydrogen-bond donors (Lipinski definition) is 0. The summed E-state index contributed by atoms with van der Waals surface area (Å²) < 4.78 is 64.1. The maximum Gasteiger partial charge on any atom is 0.387 e. The number of halogens is 4. The Labute approximate surface area is 212 Å². The molecule has 0 saturated carbocycles. The number of aromatic nitrogens is 2. The fourth-order valence-electron chi connectivity index (χ4n) is 4.93. The molecule has 1 unspecified atom stereocenters. The fraction of sp³-hybridized carbons (Fsp3) is 0.259. The summed E-state index contributed by atoms with van der Waals surface area (Å²) in [6.45, 7) is 2.56. The largest absolute Gasteiger partial charge is 0.433 e. The predicted molar refractivity (Wildman–Crippen MR) is 137 cm³/mol. The van der Waals surface area contributed by atoms with E-state index in [0.29, 0.717) is 23.1 Å². The van der Waals surface area contributed by atoms with Gasteiger partial charge in [-0.1, -0.05) is 33.0 Å². The molecule has 0 fully saturated rings. The molecule has 4 aromatic rings. The van der Waals surface area contributed by atoms with Crippen LogP contribution in [-0.4, -0.2) is 47.3 Å². The van der Waals surface area contributed by atoms with E-state index < -0.39 is 38.1 Å². The highest BCUT2D eigenvalue weighted by molar-refractivity contribution is 7.64. The second-order valence-electron chi connectivity index (χ2n) is 9.03. The quantitative estimate of drug-likeness (QED) is 0.220. The van der Waals surface area contributed by atoms with Gasteiger partial charge in [0.1, 0.15) is 22.8 Å². The molecule has 0 saturated heterocycles. The van der Waals surface area contributed by atoms with Gasteiger partial charge in [0, 0.05) is 17.9 Å². The van der Waals surface area contributed by atoms with Crippen molar-refractivity contribution < 1.29 is 27.1 Å². The molecule has 0 N–H and O–H groups in total. The van der Waals surface area contributed by atoms with Crippen LogP contribution in [0.2, 0.25) is 0 Å². The first-order valence-electron chi connectivity index (χ1n) is 11.7. The Bertz CT molecular complexity index is 1540. The molecule has 5 nitrogen and oxygen atoms in total. The monoisotopic (exact) mass is 529 g/mol. The van der Waals surface area contributed by atoms with Gasteiger partial charge in [-0.2, -0.15) is 8.78 Å². The maximum atomic E-state index is 16.3. The van der Waals surface area contributed by atoms with Gasteiger partial charge in [0.05, 0.1) is 17.1 Å². The Morgan fingerprint density at radius 2 is 1.84 bits per heavy atom.